The van der Waals surface area contributed by atoms with Gasteiger partial charge in [0.05, 0.1) is 22.9 Å². The van der Waals surface area contributed by atoms with Crippen molar-refractivity contribution in [3.05, 3.63) is 72.6 Å². The van der Waals surface area contributed by atoms with Crippen LogP contribution >= 0.6 is 11.8 Å². The highest BCUT2D eigenvalue weighted by Crippen LogP contribution is 2.25. The zero-order chi connectivity index (χ0) is 16.6. The minimum Gasteiger partial charge on any atom is -0.254 e. The van der Waals surface area contributed by atoms with E-state index in [1.807, 2.05) is 59.4 Å². The number of thioether (sulfide) groups is 1. The van der Waals surface area contributed by atoms with Crippen molar-refractivity contribution in [2.24, 2.45) is 0 Å². The third-order valence-corrected chi connectivity index (χ3v) is 5.04. The molecule has 2 aromatic carbocycles. The first-order valence-corrected chi connectivity index (χ1v) is 8.90. The van der Waals surface area contributed by atoms with Crippen LogP contribution in [0.25, 0.3) is 22.5 Å². The minimum absolute atomic E-state index is 0.767. The van der Waals surface area contributed by atoms with Gasteiger partial charge < -0.3 is 0 Å². The van der Waals surface area contributed by atoms with Crippen molar-refractivity contribution in [3.8, 4) is 5.69 Å². The monoisotopic (exact) mass is 346 g/mol. The summed E-state index contributed by atoms with van der Waals surface area (Å²) in [5.41, 5.74) is 4.24. The van der Waals surface area contributed by atoms with Crippen LogP contribution in [0.15, 0.2) is 72.1 Å². The molecule has 3 aromatic heterocycles. The number of nitrogens with one attached hydrogen (secondary N) is 1. The van der Waals surface area contributed by atoms with Crippen molar-refractivity contribution < 1.29 is 0 Å². The standard InChI is InChI=1S/C18H14N6S/c1-2-6-14(7-3-1)23-11-13(10-19-23)12-25-18-22-21-17-20-15-8-4-5-9-16(15)24(17)18/h1-11H,12H2,(H,20,21). The maximum Gasteiger partial charge on any atom is 0.231 e. The van der Waals surface area contributed by atoms with E-state index in [9.17, 15) is 0 Å². The molecule has 0 unspecified atom stereocenters. The van der Waals surface area contributed by atoms with Gasteiger partial charge in [-0.15, -0.1) is 5.10 Å². The highest BCUT2D eigenvalue weighted by Gasteiger charge is 2.12. The number of nitrogens with zero attached hydrogens (tertiary/aromatic N) is 5. The fraction of sp³-hybridized carbons (Fsp3) is 0.0556. The first-order valence-electron chi connectivity index (χ1n) is 7.92. The number of H-pyrrole nitrogens is 1. The summed E-state index contributed by atoms with van der Waals surface area (Å²) < 4.78 is 3.95. The van der Waals surface area contributed by atoms with E-state index >= 15 is 0 Å². The smallest absolute Gasteiger partial charge is 0.231 e. The minimum atomic E-state index is 0.767. The molecule has 3 heterocycles. The summed E-state index contributed by atoms with van der Waals surface area (Å²) in [6, 6.07) is 18.2. The van der Waals surface area contributed by atoms with E-state index in [0.29, 0.717) is 0 Å². The zero-order valence-electron chi connectivity index (χ0n) is 13.2. The summed E-state index contributed by atoms with van der Waals surface area (Å²) >= 11 is 1.66. The van der Waals surface area contributed by atoms with E-state index in [1.54, 1.807) is 11.8 Å². The molecule has 0 spiro atoms. The number of hydrogen-bond donors (Lipinski definition) is 1. The Bertz CT molecular complexity index is 1150. The Kier molecular flexibility index (Phi) is 3.31. The average Bonchev–Trinajstić information content (AvgIpc) is 3.36. The van der Waals surface area contributed by atoms with Crippen LogP contribution in [0.1, 0.15) is 5.56 Å². The van der Waals surface area contributed by atoms with Gasteiger partial charge in [-0.1, -0.05) is 42.1 Å². The number of hydrogen-bond acceptors (Lipinski definition) is 4. The van der Waals surface area contributed by atoms with Crippen LogP contribution in [0, 0.1) is 0 Å². The summed E-state index contributed by atoms with van der Waals surface area (Å²) in [5.74, 6) is 1.56. The highest BCUT2D eigenvalue weighted by atomic mass is 32.2. The molecule has 0 aliphatic carbocycles. The van der Waals surface area contributed by atoms with Gasteiger partial charge in [0, 0.05) is 17.5 Å². The van der Waals surface area contributed by atoms with E-state index in [1.165, 1.54) is 0 Å². The molecule has 122 valence electrons. The summed E-state index contributed by atoms with van der Waals surface area (Å²) in [6.07, 6.45) is 3.95. The van der Waals surface area contributed by atoms with Crippen molar-refractivity contribution in [3.63, 3.8) is 0 Å². The molecule has 0 radical (unpaired) electrons. The molecule has 1 N–H and O–H groups in total. The molecule has 0 bridgehead atoms. The van der Waals surface area contributed by atoms with Crippen LogP contribution in [0.2, 0.25) is 0 Å². The van der Waals surface area contributed by atoms with Gasteiger partial charge >= 0.3 is 0 Å². The molecule has 25 heavy (non-hydrogen) atoms. The number of aromatic amines is 1. The number of rotatable bonds is 4. The topological polar surface area (TPSA) is 63.8 Å². The lowest BCUT2D eigenvalue weighted by molar-refractivity contribution is 0.880. The number of fused-ring (bicyclic) bond motifs is 3. The normalized spacial score (nSPS) is 11.5. The molecule has 5 aromatic rings. The van der Waals surface area contributed by atoms with E-state index in [4.69, 9.17) is 0 Å². The predicted molar refractivity (Wildman–Crippen MR) is 98.0 cm³/mol. The van der Waals surface area contributed by atoms with Crippen LogP contribution in [0.3, 0.4) is 0 Å². The summed E-state index contributed by atoms with van der Waals surface area (Å²) in [4.78, 5) is 4.55. The van der Waals surface area contributed by atoms with Gasteiger partial charge in [0.2, 0.25) is 5.78 Å². The van der Waals surface area contributed by atoms with Crippen molar-refractivity contribution >= 4 is 28.6 Å². The Hall–Kier alpha value is -3.06. The van der Waals surface area contributed by atoms with Gasteiger partial charge in [0.25, 0.3) is 0 Å². The predicted octanol–water partition coefficient (Wildman–Crippen LogP) is 3.69. The molecule has 0 fully saturated rings. The largest absolute Gasteiger partial charge is 0.254 e. The fourth-order valence-corrected chi connectivity index (χ4v) is 3.71. The first kappa shape index (κ1) is 14.3. The molecule has 7 heteroatoms. The maximum absolute atomic E-state index is 4.55. The molecule has 0 aliphatic heterocycles. The molecule has 0 amide bonds. The van der Waals surface area contributed by atoms with E-state index in [-0.39, 0.29) is 0 Å². The van der Waals surface area contributed by atoms with Crippen LogP contribution in [0.4, 0.5) is 0 Å². The van der Waals surface area contributed by atoms with Crippen LogP contribution in [-0.2, 0) is 5.75 Å². The number of aromatic nitrogens is 6. The van der Waals surface area contributed by atoms with Gasteiger partial charge in [-0.3, -0.25) is 4.40 Å². The Morgan fingerprint density at radius 1 is 1.00 bits per heavy atom. The Morgan fingerprint density at radius 3 is 2.76 bits per heavy atom. The third-order valence-electron chi connectivity index (χ3n) is 4.03. The quantitative estimate of drug-likeness (QED) is 0.504. The third kappa shape index (κ3) is 2.49. The highest BCUT2D eigenvalue weighted by molar-refractivity contribution is 7.98. The van der Waals surface area contributed by atoms with E-state index in [0.717, 1.165) is 39.0 Å². The van der Waals surface area contributed by atoms with Crippen molar-refractivity contribution in [1.82, 2.24) is 29.4 Å². The molecule has 0 aliphatic rings. The van der Waals surface area contributed by atoms with Gasteiger partial charge in [-0.05, 0) is 24.3 Å². The van der Waals surface area contributed by atoms with Crippen LogP contribution in [-0.4, -0.2) is 29.4 Å². The maximum atomic E-state index is 4.55. The summed E-state index contributed by atoms with van der Waals surface area (Å²) in [7, 11) is 0. The van der Waals surface area contributed by atoms with Crippen molar-refractivity contribution in [2.45, 2.75) is 10.9 Å². The lowest BCUT2D eigenvalue weighted by atomic mass is 10.3. The van der Waals surface area contributed by atoms with Gasteiger partial charge in [0.15, 0.2) is 5.16 Å². The van der Waals surface area contributed by atoms with Gasteiger partial charge in [0.1, 0.15) is 0 Å². The van der Waals surface area contributed by atoms with E-state index < -0.39 is 0 Å². The number of imidazole rings is 1. The second kappa shape index (κ2) is 5.78. The number of para-hydroxylation sites is 3. The Morgan fingerprint density at radius 2 is 1.84 bits per heavy atom. The van der Waals surface area contributed by atoms with Gasteiger partial charge in [-0.25, -0.2) is 14.8 Å². The molecular weight excluding hydrogens is 332 g/mol. The number of benzene rings is 2. The van der Waals surface area contributed by atoms with Crippen LogP contribution in [0.5, 0.6) is 0 Å². The summed E-state index contributed by atoms with van der Waals surface area (Å²) in [6.45, 7) is 0. The Labute approximate surface area is 147 Å². The SMILES string of the molecule is c1ccc(-n2cc(CSc3n[nH]c4nc5ccccc5n34)cn2)cc1. The lowest BCUT2D eigenvalue weighted by Crippen LogP contribution is -1.92. The second-order valence-corrected chi connectivity index (χ2v) is 6.63. The molecule has 5 rings (SSSR count). The molecular formula is C18H14N6S. The summed E-state index contributed by atoms with van der Waals surface area (Å²) in [5, 5.41) is 12.7. The molecule has 0 atom stereocenters. The van der Waals surface area contributed by atoms with Crippen molar-refractivity contribution in [2.75, 3.05) is 0 Å². The molecule has 0 saturated carbocycles. The molecule has 0 saturated heterocycles. The van der Waals surface area contributed by atoms with Crippen molar-refractivity contribution in [1.29, 1.82) is 0 Å². The average molecular weight is 346 g/mol. The lowest BCUT2D eigenvalue weighted by Gasteiger charge is -1.99. The van der Waals surface area contributed by atoms with Gasteiger partial charge in [-0.2, -0.15) is 5.10 Å². The molecule has 6 nitrogen and oxygen atoms in total. The zero-order valence-corrected chi connectivity index (χ0v) is 14.0. The second-order valence-electron chi connectivity index (χ2n) is 5.68. The first-order chi connectivity index (χ1) is 12.4. The van der Waals surface area contributed by atoms with E-state index in [2.05, 4.69) is 36.9 Å². The Balaban J connectivity index is 1.42. The fourth-order valence-electron chi connectivity index (χ4n) is 2.84. The van der Waals surface area contributed by atoms with Crippen LogP contribution < -0.4 is 0 Å².